The third-order valence-electron chi connectivity index (χ3n) is 4.47. The normalized spacial score (nSPS) is 9.39. The average molecular weight is 550 g/mol. The van der Waals surface area contributed by atoms with Crippen molar-refractivity contribution in [3.05, 3.63) is 78.6 Å². The van der Waals surface area contributed by atoms with Crippen LogP contribution >= 0.6 is 0 Å². The summed E-state index contributed by atoms with van der Waals surface area (Å²) in [7, 11) is 1.55. The molecule has 0 aliphatic carbocycles. The average Bonchev–Trinajstić information content (AvgIpc) is 2.76. The largest absolute Gasteiger partial charge is 3.00 e. The monoisotopic (exact) mass is 548 g/mol. The second-order valence-electron chi connectivity index (χ2n) is 6.36. The Morgan fingerprint density at radius 1 is 0.667 bits per heavy atom. The maximum absolute atomic E-state index is 13.6. The van der Waals surface area contributed by atoms with Gasteiger partial charge in [0.25, 0.3) is 0 Å². The number of phenolic OH excluding ortho intramolecular Hbond substituents is 2. The number of rotatable bonds is 4. The van der Waals surface area contributed by atoms with Crippen molar-refractivity contribution in [2.45, 2.75) is 0 Å². The van der Waals surface area contributed by atoms with Crippen molar-refractivity contribution in [2.24, 2.45) is 0 Å². The van der Waals surface area contributed by atoms with Crippen LogP contribution in [-0.2, 0) is 17.1 Å². The van der Waals surface area contributed by atoms with Gasteiger partial charge in [-0.15, -0.1) is 0 Å². The maximum atomic E-state index is 13.6. The number of aromatic nitrogens is 2. The predicted octanol–water partition coefficient (Wildman–Crippen LogP) is -3.95. The van der Waals surface area contributed by atoms with E-state index in [1.807, 2.05) is 6.07 Å². The molecule has 2 N–H and O–H groups in total. The first-order valence-electron chi connectivity index (χ1n) is 8.86. The molecule has 33 heavy (non-hydrogen) atoms. The van der Waals surface area contributed by atoms with E-state index in [-0.39, 0.29) is 65.8 Å². The molecule has 2 heterocycles. The van der Waals surface area contributed by atoms with Crippen LogP contribution in [0.4, 0.5) is 4.39 Å². The van der Waals surface area contributed by atoms with Crippen LogP contribution < -0.4 is 42.0 Å². The first-order valence-corrected chi connectivity index (χ1v) is 8.86. The second-order valence-corrected chi connectivity index (χ2v) is 6.36. The van der Waals surface area contributed by atoms with Gasteiger partial charge in [0.2, 0.25) is 0 Å². The van der Waals surface area contributed by atoms with Crippen molar-refractivity contribution in [3.8, 4) is 51.2 Å². The van der Waals surface area contributed by atoms with Crippen LogP contribution in [0.15, 0.2) is 72.8 Å². The molecule has 2 aromatic heterocycles. The fraction of sp³-hybridized carbons (Fsp3) is 0.0435. The Morgan fingerprint density at radius 2 is 1.12 bits per heavy atom. The fourth-order valence-electron chi connectivity index (χ4n) is 3.02. The number of nitrogens with zero attached hydrogens (tertiary/aromatic N) is 2. The van der Waals surface area contributed by atoms with Gasteiger partial charge in [0.1, 0.15) is 23.1 Å². The van der Waals surface area contributed by atoms with Gasteiger partial charge in [-0.05, 0) is 60.7 Å². The Labute approximate surface area is 219 Å². The molecule has 0 fully saturated rings. The minimum Gasteiger partial charge on any atom is -1.00 e. The summed E-state index contributed by atoms with van der Waals surface area (Å²) in [5.41, 5.74) is 2.94. The van der Waals surface area contributed by atoms with Gasteiger partial charge in [-0.3, -0.25) is 0 Å². The SMILES string of the molecule is COc1ccc(O)c(-c2cccc(-c3cccc(-c4cc(F)ccc4O)n3)n2)c1.[Cl-].[Cl-].[Cl-].[Mn+3]. The van der Waals surface area contributed by atoms with Crippen molar-refractivity contribution >= 4 is 0 Å². The van der Waals surface area contributed by atoms with Gasteiger partial charge < -0.3 is 52.2 Å². The third kappa shape index (κ3) is 6.73. The Hall–Kier alpha value is -2.54. The Balaban J connectivity index is 0.00000256. The molecule has 0 unspecified atom stereocenters. The van der Waals surface area contributed by atoms with Gasteiger partial charge in [0.05, 0.1) is 29.9 Å². The molecule has 0 atom stereocenters. The van der Waals surface area contributed by atoms with Crippen LogP contribution in [0.3, 0.4) is 0 Å². The summed E-state index contributed by atoms with van der Waals surface area (Å²) >= 11 is 0. The Kier molecular flexibility index (Phi) is 12.2. The second kappa shape index (κ2) is 13.2. The topological polar surface area (TPSA) is 75.5 Å². The van der Waals surface area contributed by atoms with E-state index in [9.17, 15) is 14.6 Å². The summed E-state index contributed by atoms with van der Waals surface area (Å²) in [5, 5.41) is 20.3. The van der Waals surface area contributed by atoms with E-state index in [4.69, 9.17) is 4.74 Å². The summed E-state index contributed by atoms with van der Waals surface area (Å²) in [6.45, 7) is 0. The molecule has 4 aromatic rings. The van der Waals surface area contributed by atoms with E-state index in [1.54, 1.807) is 55.6 Å². The van der Waals surface area contributed by atoms with E-state index in [0.717, 1.165) is 0 Å². The Morgan fingerprint density at radius 3 is 1.64 bits per heavy atom. The number of methoxy groups -OCH3 is 1. The minimum atomic E-state index is -0.460. The molecule has 0 saturated carbocycles. The molecular weight excluding hydrogens is 533 g/mol. The number of aromatic hydroxyl groups is 2. The zero-order chi connectivity index (χ0) is 20.4. The van der Waals surface area contributed by atoms with Crippen molar-refractivity contribution in [2.75, 3.05) is 7.11 Å². The van der Waals surface area contributed by atoms with Gasteiger partial charge in [0, 0.05) is 11.1 Å². The van der Waals surface area contributed by atoms with E-state index in [2.05, 4.69) is 9.97 Å². The molecule has 0 amide bonds. The molecule has 5 nitrogen and oxygen atoms in total. The van der Waals surface area contributed by atoms with Crippen LogP contribution in [0.1, 0.15) is 0 Å². The molecule has 4 rings (SSSR count). The molecule has 0 radical (unpaired) electrons. The van der Waals surface area contributed by atoms with E-state index < -0.39 is 5.82 Å². The molecule has 0 saturated heterocycles. The zero-order valence-electron chi connectivity index (χ0n) is 17.0. The molecule has 0 aliphatic rings. The number of halogens is 4. The van der Waals surface area contributed by atoms with Gasteiger partial charge in [0.15, 0.2) is 0 Å². The number of pyridine rings is 2. The summed E-state index contributed by atoms with van der Waals surface area (Å²) in [6.07, 6.45) is 0. The van der Waals surface area contributed by atoms with Crippen LogP contribution in [0.2, 0.25) is 0 Å². The standard InChI is InChI=1S/C23H17FN2O3.3ClH.Mn/c1-29-15-9-11-23(28)17(13-15)19-5-3-7-21(26-19)20-6-2-4-18(25-20)16-12-14(24)8-10-22(16)27;;;;/h2-13,27-28H,1H3;3*1H;/q;;;;+3/p-3. The van der Waals surface area contributed by atoms with E-state index >= 15 is 0 Å². The number of hydrogen-bond donors (Lipinski definition) is 2. The first kappa shape index (κ1) is 30.5. The van der Waals surface area contributed by atoms with Crippen molar-refractivity contribution in [3.63, 3.8) is 0 Å². The van der Waals surface area contributed by atoms with E-state index in [0.29, 0.717) is 39.7 Å². The predicted molar refractivity (Wildman–Crippen MR) is 108 cm³/mol. The third-order valence-corrected chi connectivity index (χ3v) is 4.47. The van der Waals surface area contributed by atoms with Crippen molar-refractivity contribution in [1.82, 2.24) is 9.97 Å². The van der Waals surface area contributed by atoms with Crippen molar-refractivity contribution < 1.29 is 73.6 Å². The zero-order valence-corrected chi connectivity index (χ0v) is 20.5. The van der Waals surface area contributed by atoms with Gasteiger partial charge in [-0.25, -0.2) is 14.4 Å². The fourth-order valence-corrected chi connectivity index (χ4v) is 3.02. The Bertz CT molecular complexity index is 1220. The number of phenols is 2. The van der Waals surface area contributed by atoms with Crippen LogP contribution in [0.25, 0.3) is 33.9 Å². The molecule has 10 heteroatoms. The van der Waals surface area contributed by atoms with Gasteiger partial charge in [-0.1, -0.05) is 12.1 Å². The molecule has 0 bridgehead atoms. The van der Waals surface area contributed by atoms with Crippen LogP contribution in [0.5, 0.6) is 17.2 Å². The van der Waals surface area contributed by atoms with Gasteiger partial charge in [-0.2, -0.15) is 0 Å². The number of ether oxygens (including phenoxy) is 1. The summed E-state index contributed by atoms with van der Waals surface area (Å²) in [6, 6.07) is 19.2. The molecule has 2 aromatic carbocycles. The first-order chi connectivity index (χ1) is 14.0. The molecule has 0 spiro atoms. The summed E-state index contributed by atoms with van der Waals surface area (Å²) in [5.74, 6) is 0.172. The summed E-state index contributed by atoms with van der Waals surface area (Å²) in [4.78, 5) is 9.14. The molecule has 0 aliphatic heterocycles. The van der Waals surface area contributed by atoms with Crippen LogP contribution in [0, 0.1) is 5.82 Å². The van der Waals surface area contributed by atoms with E-state index in [1.165, 1.54) is 18.2 Å². The minimum absolute atomic E-state index is 0. The van der Waals surface area contributed by atoms with Crippen LogP contribution in [-0.4, -0.2) is 27.3 Å². The quantitative estimate of drug-likeness (QED) is 0.254. The van der Waals surface area contributed by atoms with Gasteiger partial charge >= 0.3 is 17.1 Å². The smallest absolute Gasteiger partial charge is 1.00 e. The van der Waals surface area contributed by atoms with Crippen molar-refractivity contribution in [1.29, 1.82) is 0 Å². The maximum Gasteiger partial charge on any atom is 3.00 e. The molecule has 172 valence electrons. The summed E-state index contributed by atoms with van der Waals surface area (Å²) < 4.78 is 18.8. The number of benzene rings is 2. The number of hydrogen-bond acceptors (Lipinski definition) is 5. The molecular formula is C23H17Cl3FMnN2O3.